The van der Waals surface area contributed by atoms with Gasteiger partial charge in [0.1, 0.15) is 0 Å². The van der Waals surface area contributed by atoms with Crippen molar-refractivity contribution in [2.45, 2.75) is 39.7 Å². The number of aliphatic hydroxyl groups is 1. The summed E-state index contributed by atoms with van der Waals surface area (Å²) < 4.78 is 0. The second-order valence-corrected chi connectivity index (χ2v) is 4.79. The number of nitrogens with one attached hydrogen (secondary N) is 1. The normalized spacial score (nSPS) is 11.5. The van der Waals surface area contributed by atoms with Crippen molar-refractivity contribution < 1.29 is 5.11 Å². The second kappa shape index (κ2) is 4.15. The van der Waals surface area contributed by atoms with Gasteiger partial charge < -0.3 is 10.5 Å². The van der Waals surface area contributed by atoms with Crippen molar-refractivity contribution in [1.82, 2.24) is 0 Å². The van der Waals surface area contributed by atoms with E-state index in [4.69, 9.17) is 5.41 Å². The Hall–Kier alpha value is -1.15. The monoisotopic (exact) mass is 205 g/mol. The summed E-state index contributed by atoms with van der Waals surface area (Å²) in [7, 11) is 0. The van der Waals surface area contributed by atoms with Gasteiger partial charge in [-0.1, -0.05) is 17.7 Å². The minimum Gasteiger partial charge on any atom is -0.390 e. The van der Waals surface area contributed by atoms with Gasteiger partial charge in [0.05, 0.1) is 5.60 Å². The van der Waals surface area contributed by atoms with Crippen molar-refractivity contribution in [2.24, 2.45) is 0 Å². The molecule has 2 N–H and O–H groups in total. The fourth-order valence-electron chi connectivity index (χ4n) is 1.59. The molecule has 0 saturated heterocycles. The van der Waals surface area contributed by atoms with E-state index in [0.717, 1.165) is 16.7 Å². The molecule has 0 atom stereocenters. The van der Waals surface area contributed by atoms with E-state index >= 15 is 0 Å². The third kappa shape index (κ3) is 3.48. The average molecular weight is 205 g/mol. The lowest BCUT2D eigenvalue weighted by Crippen LogP contribution is -2.23. The first-order valence-electron chi connectivity index (χ1n) is 5.17. The molecule has 82 valence electrons. The zero-order valence-corrected chi connectivity index (χ0v) is 9.89. The predicted octanol–water partition coefficient (Wildman–Crippen LogP) is 2.83. The zero-order valence-electron chi connectivity index (χ0n) is 9.89. The molecule has 1 rings (SSSR count). The number of rotatable bonds is 3. The lowest BCUT2D eigenvalue weighted by Gasteiger charge is -2.18. The smallest absolute Gasteiger partial charge is 0.0646 e. The van der Waals surface area contributed by atoms with Crippen LogP contribution in [-0.2, 0) is 0 Å². The van der Waals surface area contributed by atoms with Crippen LogP contribution in [0, 0.1) is 19.3 Å². The Labute approximate surface area is 91.5 Å². The minimum absolute atomic E-state index is 0.386. The standard InChI is InChI=1S/C13H19NO/c1-9-5-6-10(2)11(7-9)12(14)8-13(3,4)15/h5-7,14-15H,8H2,1-4H3. The van der Waals surface area contributed by atoms with Crippen molar-refractivity contribution in [1.29, 1.82) is 5.41 Å². The highest BCUT2D eigenvalue weighted by molar-refractivity contribution is 6.00. The molecule has 15 heavy (non-hydrogen) atoms. The minimum atomic E-state index is -0.812. The zero-order chi connectivity index (χ0) is 11.6. The van der Waals surface area contributed by atoms with Crippen molar-refractivity contribution in [3.8, 4) is 0 Å². The van der Waals surface area contributed by atoms with Crippen molar-refractivity contribution in [3.05, 3.63) is 34.9 Å². The van der Waals surface area contributed by atoms with Gasteiger partial charge in [-0.2, -0.15) is 0 Å². The highest BCUT2D eigenvalue weighted by Crippen LogP contribution is 2.17. The topological polar surface area (TPSA) is 44.1 Å². The van der Waals surface area contributed by atoms with Crippen LogP contribution in [0.5, 0.6) is 0 Å². The largest absolute Gasteiger partial charge is 0.390 e. The van der Waals surface area contributed by atoms with Crippen LogP contribution < -0.4 is 0 Å². The molecule has 0 amide bonds. The Morgan fingerprint density at radius 3 is 2.47 bits per heavy atom. The first-order chi connectivity index (χ1) is 6.79. The first kappa shape index (κ1) is 11.9. The molecule has 0 unspecified atom stereocenters. The van der Waals surface area contributed by atoms with Gasteiger partial charge in [-0.15, -0.1) is 0 Å². The molecule has 0 spiro atoms. The highest BCUT2D eigenvalue weighted by atomic mass is 16.3. The molecule has 2 heteroatoms. The Balaban J connectivity index is 2.96. The van der Waals surface area contributed by atoms with Crippen LogP contribution >= 0.6 is 0 Å². The van der Waals surface area contributed by atoms with Crippen LogP contribution in [0.3, 0.4) is 0 Å². The predicted molar refractivity (Wildman–Crippen MR) is 63.7 cm³/mol. The van der Waals surface area contributed by atoms with Crippen molar-refractivity contribution in [3.63, 3.8) is 0 Å². The number of hydrogen-bond donors (Lipinski definition) is 2. The van der Waals surface area contributed by atoms with Gasteiger partial charge in [0.15, 0.2) is 0 Å². The Morgan fingerprint density at radius 1 is 1.33 bits per heavy atom. The fraction of sp³-hybridized carbons (Fsp3) is 0.462. The number of benzene rings is 1. The van der Waals surface area contributed by atoms with Crippen LogP contribution in [0.15, 0.2) is 18.2 Å². The van der Waals surface area contributed by atoms with E-state index in [2.05, 4.69) is 0 Å². The summed E-state index contributed by atoms with van der Waals surface area (Å²) >= 11 is 0. The van der Waals surface area contributed by atoms with Crippen LogP contribution in [0.4, 0.5) is 0 Å². The summed E-state index contributed by atoms with van der Waals surface area (Å²) in [6, 6.07) is 6.06. The molecule has 1 aromatic rings. The molecule has 0 aliphatic heterocycles. The number of aryl methyl sites for hydroxylation is 2. The van der Waals surface area contributed by atoms with E-state index in [1.807, 2.05) is 32.0 Å². The highest BCUT2D eigenvalue weighted by Gasteiger charge is 2.17. The maximum Gasteiger partial charge on any atom is 0.0646 e. The van der Waals surface area contributed by atoms with E-state index in [1.165, 1.54) is 0 Å². The Bertz CT molecular complexity index is 375. The summed E-state index contributed by atoms with van der Waals surface area (Å²) in [5.41, 5.74) is 2.87. The van der Waals surface area contributed by atoms with Crippen LogP contribution in [0.25, 0.3) is 0 Å². The van der Waals surface area contributed by atoms with E-state index < -0.39 is 5.60 Å². The molecular weight excluding hydrogens is 186 g/mol. The molecule has 1 aromatic carbocycles. The quantitative estimate of drug-likeness (QED) is 0.732. The number of hydrogen-bond acceptors (Lipinski definition) is 2. The van der Waals surface area contributed by atoms with Crippen molar-refractivity contribution in [2.75, 3.05) is 0 Å². The summed E-state index contributed by atoms with van der Waals surface area (Å²) in [6.45, 7) is 7.47. The van der Waals surface area contributed by atoms with Gasteiger partial charge >= 0.3 is 0 Å². The third-order valence-corrected chi connectivity index (χ3v) is 2.33. The van der Waals surface area contributed by atoms with Gasteiger partial charge in [-0.05, 0) is 44.9 Å². The summed E-state index contributed by atoms with van der Waals surface area (Å²) in [4.78, 5) is 0. The van der Waals surface area contributed by atoms with Gasteiger partial charge in [0.2, 0.25) is 0 Å². The molecular formula is C13H19NO. The maximum atomic E-state index is 9.67. The average Bonchev–Trinajstić information content (AvgIpc) is 2.06. The molecule has 0 aromatic heterocycles. The van der Waals surface area contributed by atoms with Crippen molar-refractivity contribution >= 4 is 5.71 Å². The Morgan fingerprint density at radius 2 is 1.93 bits per heavy atom. The molecule has 0 fully saturated rings. The molecule has 2 nitrogen and oxygen atoms in total. The molecule has 0 radical (unpaired) electrons. The first-order valence-corrected chi connectivity index (χ1v) is 5.17. The van der Waals surface area contributed by atoms with Crippen LogP contribution in [0.1, 0.15) is 37.0 Å². The molecule has 0 heterocycles. The summed E-state index contributed by atoms with van der Waals surface area (Å²) in [5, 5.41) is 17.6. The lowest BCUT2D eigenvalue weighted by molar-refractivity contribution is 0.0886. The summed E-state index contributed by atoms with van der Waals surface area (Å²) in [6.07, 6.45) is 0.386. The van der Waals surface area contributed by atoms with Gasteiger partial charge in [-0.25, -0.2) is 0 Å². The summed E-state index contributed by atoms with van der Waals surface area (Å²) in [5.74, 6) is 0. The molecule has 0 saturated carbocycles. The molecule has 0 aliphatic rings. The third-order valence-electron chi connectivity index (χ3n) is 2.33. The molecule has 0 aliphatic carbocycles. The second-order valence-electron chi connectivity index (χ2n) is 4.79. The molecule has 0 bridgehead atoms. The van der Waals surface area contributed by atoms with Crippen LogP contribution in [0.2, 0.25) is 0 Å². The van der Waals surface area contributed by atoms with E-state index in [-0.39, 0.29) is 0 Å². The SMILES string of the molecule is Cc1ccc(C)c(C(=N)CC(C)(C)O)c1. The van der Waals surface area contributed by atoms with Gasteiger partial charge in [-0.3, -0.25) is 0 Å². The fourth-order valence-corrected chi connectivity index (χ4v) is 1.59. The van der Waals surface area contributed by atoms with Gasteiger partial charge in [0.25, 0.3) is 0 Å². The Kier molecular flexibility index (Phi) is 3.30. The van der Waals surface area contributed by atoms with Crippen LogP contribution in [-0.4, -0.2) is 16.4 Å². The van der Waals surface area contributed by atoms with Gasteiger partial charge in [0, 0.05) is 12.1 Å². The maximum absolute atomic E-state index is 9.67. The lowest BCUT2D eigenvalue weighted by atomic mass is 9.93. The van der Waals surface area contributed by atoms with E-state index in [0.29, 0.717) is 12.1 Å². The van der Waals surface area contributed by atoms with E-state index in [1.54, 1.807) is 13.8 Å². The van der Waals surface area contributed by atoms with E-state index in [9.17, 15) is 5.11 Å².